The zero-order valence-electron chi connectivity index (χ0n) is 17.5. The van der Waals surface area contributed by atoms with Crippen LogP contribution >= 0.6 is 12.2 Å². The molecule has 7 nitrogen and oxygen atoms in total. The van der Waals surface area contributed by atoms with Gasteiger partial charge in [-0.2, -0.15) is 0 Å². The molecule has 1 N–H and O–H groups in total. The van der Waals surface area contributed by atoms with Crippen LogP contribution in [0.3, 0.4) is 0 Å². The maximum atomic E-state index is 12.4. The number of aromatic nitrogens is 1. The van der Waals surface area contributed by atoms with Crippen LogP contribution < -0.4 is 20.3 Å². The molecule has 1 aromatic carbocycles. The highest BCUT2D eigenvalue weighted by Gasteiger charge is 2.35. The molecule has 2 aliphatic heterocycles. The van der Waals surface area contributed by atoms with Gasteiger partial charge in [-0.25, -0.2) is 0 Å². The second-order valence-electron chi connectivity index (χ2n) is 7.85. The van der Waals surface area contributed by atoms with Crippen molar-refractivity contribution in [1.82, 2.24) is 14.8 Å². The predicted molar refractivity (Wildman–Crippen MR) is 122 cm³/mol. The van der Waals surface area contributed by atoms with E-state index in [9.17, 15) is 9.59 Å². The third-order valence-corrected chi connectivity index (χ3v) is 6.19. The zero-order valence-corrected chi connectivity index (χ0v) is 18.4. The van der Waals surface area contributed by atoms with E-state index in [0.717, 1.165) is 24.2 Å². The summed E-state index contributed by atoms with van der Waals surface area (Å²) in [6, 6.07) is 10.9. The molecule has 0 radical (unpaired) electrons. The number of piperidine rings is 1. The SMILES string of the molecule is COc1ccc(/C=C/C(=O)NC(=S)N2C[C@H]3C[C@H](C2)c2cccc(=O)n2C3)cc1OC. The highest BCUT2D eigenvalue weighted by Crippen LogP contribution is 2.35. The number of pyridine rings is 1. The lowest BCUT2D eigenvalue weighted by atomic mass is 9.83. The van der Waals surface area contributed by atoms with Gasteiger partial charge in [0, 0.05) is 43.4 Å². The Morgan fingerprint density at radius 3 is 2.71 bits per heavy atom. The van der Waals surface area contributed by atoms with E-state index in [4.69, 9.17) is 21.7 Å². The van der Waals surface area contributed by atoms with E-state index in [-0.39, 0.29) is 17.4 Å². The molecule has 1 fully saturated rings. The molecule has 1 amide bonds. The first-order chi connectivity index (χ1) is 15.0. The number of ether oxygens (including phenoxy) is 2. The Hall–Kier alpha value is -3.13. The molecule has 31 heavy (non-hydrogen) atoms. The van der Waals surface area contributed by atoms with Gasteiger partial charge in [-0.05, 0) is 54.4 Å². The normalized spacial score (nSPS) is 19.6. The van der Waals surface area contributed by atoms with Gasteiger partial charge in [0.05, 0.1) is 14.2 Å². The fourth-order valence-corrected chi connectivity index (χ4v) is 4.67. The minimum absolute atomic E-state index is 0.0526. The Labute approximate surface area is 186 Å². The van der Waals surface area contributed by atoms with Crippen LogP contribution in [0.25, 0.3) is 6.08 Å². The molecule has 0 saturated carbocycles. The van der Waals surface area contributed by atoms with Gasteiger partial charge in [0.2, 0.25) is 5.91 Å². The first kappa shape index (κ1) is 21.1. The number of likely N-dealkylation sites (tertiary alicyclic amines) is 1. The van der Waals surface area contributed by atoms with Crippen LogP contribution in [0.2, 0.25) is 0 Å². The summed E-state index contributed by atoms with van der Waals surface area (Å²) < 4.78 is 12.4. The first-order valence-electron chi connectivity index (χ1n) is 10.2. The lowest BCUT2D eigenvalue weighted by molar-refractivity contribution is -0.115. The van der Waals surface area contributed by atoms with Crippen molar-refractivity contribution in [3.8, 4) is 11.5 Å². The molecular weight excluding hydrogens is 414 g/mol. The van der Waals surface area contributed by atoms with Gasteiger partial charge in [-0.15, -0.1) is 0 Å². The second-order valence-corrected chi connectivity index (χ2v) is 8.23. The van der Waals surface area contributed by atoms with E-state index in [1.54, 1.807) is 38.5 Å². The zero-order chi connectivity index (χ0) is 22.0. The van der Waals surface area contributed by atoms with E-state index < -0.39 is 0 Å². The van der Waals surface area contributed by atoms with Crippen LogP contribution in [0.4, 0.5) is 0 Å². The number of benzene rings is 1. The van der Waals surface area contributed by atoms with Crippen molar-refractivity contribution in [2.45, 2.75) is 18.9 Å². The van der Waals surface area contributed by atoms with Crippen molar-refractivity contribution in [2.24, 2.45) is 5.92 Å². The van der Waals surface area contributed by atoms with Gasteiger partial charge in [0.1, 0.15) is 0 Å². The standard InChI is InChI=1S/C23H25N3O4S/c1-29-19-8-6-15(11-20(19)30-2)7-9-21(27)24-23(31)25-12-16-10-17(14-25)18-4-3-5-22(28)26(18)13-16/h3-9,11,16-17H,10,12-14H2,1-2H3,(H,24,27,31)/b9-7+/t16-,17-/m1/s1. The second kappa shape index (κ2) is 8.93. The molecule has 8 heteroatoms. The Bertz CT molecular complexity index is 1090. The van der Waals surface area contributed by atoms with Crippen molar-refractivity contribution in [2.75, 3.05) is 27.3 Å². The van der Waals surface area contributed by atoms with Crippen LogP contribution in [0.5, 0.6) is 11.5 Å². The Kier molecular flexibility index (Phi) is 6.08. The number of carbonyl (C=O) groups excluding carboxylic acids is 1. The average Bonchev–Trinajstić information content (AvgIpc) is 2.78. The minimum Gasteiger partial charge on any atom is -0.493 e. The van der Waals surface area contributed by atoms with Gasteiger partial charge in [-0.3, -0.25) is 14.9 Å². The number of hydrogen-bond acceptors (Lipinski definition) is 5. The number of nitrogens with one attached hydrogen (secondary N) is 1. The highest BCUT2D eigenvalue weighted by atomic mass is 32.1. The Balaban J connectivity index is 1.39. The van der Waals surface area contributed by atoms with Crippen LogP contribution in [-0.2, 0) is 11.3 Å². The molecule has 1 saturated heterocycles. The molecule has 0 aliphatic carbocycles. The van der Waals surface area contributed by atoms with Crippen LogP contribution in [0.1, 0.15) is 23.6 Å². The third kappa shape index (κ3) is 4.49. The molecule has 4 rings (SSSR count). The van der Waals surface area contributed by atoms with E-state index in [0.29, 0.717) is 35.6 Å². The smallest absolute Gasteiger partial charge is 0.250 e. The number of amides is 1. The summed E-state index contributed by atoms with van der Waals surface area (Å²) in [6.07, 6.45) is 4.19. The summed E-state index contributed by atoms with van der Waals surface area (Å²) >= 11 is 5.51. The van der Waals surface area contributed by atoms with E-state index >= 15 is 0 Å². The summed E-state index contributed by atoms with van der Waals surface area (Å²) in [5.74, 6) is 1.51. The maximum absolute atomic E-state index is 12.4. The van der Waals surface area contributed by atoms with Gasteiger partial charge in [-0.1, -0.05) is 12.1 Å². The highest BCUT2D eigenvalue weighted by molar-refractivity contribution is 7.80. The summed E-state index contributed by atoms with van der Waals surface area (Å²) in [7, 11) is 3.15. The molecule has 2 aromatic rings. The molecule has 162 valence electrons. The van der Waals surface area contributed by atoms with Crippen molar-refractivity contribution < 1.29 is 14.3 Å². The molecule has 0 spiro atoms. The van der Waals surface area contributed by atoms with Crippen LogP contribution in [-0.4, -0.2) is 47.8 Å². The number of nitrogens with zero attached hydrogens (tertiary/aromatic N) is 2. The fraction of sp³-hybridized carbons (Fsp3) is 0.348. The van der Waals surface area contributed by atoms with Crippen molar-refractivity contribution in [3.05, 3.63) is 64.1 Å². The number of thiocarbonyl (C=S) groups is 1. The third-order valence-electron chi connectivity index (χ3n) is 5.83. The van der Waals surface area contributed by atoms with Gasteiger partial charge >= 0.3 is 0 Å². The maximum Gasteiger partial charge on any atom is 0.250 e. The van der Waals surface area contributed by atoms with Crippen molar-refractivity contribution in [3.63, 3.8) is 0 Å². The van der Waals surface area contributed by atoms with Crippen LogP contribution in [0, 0.1) is 5.92 Å². The predicted octanol–water partition coefficient (Wildman–Crippen LogP) is 2.40. The molecule has 3 heterocycles. The van der Waals surface area contributed by atoms with Gasteiger partial charge < -0.3 is 18.9 Å². The number of methoxy groups -OCH3 is 2. The minimum atomic E-state index is -0.285. The lowest BCUT2D eigenvalue weighted by Crippen LogP contribution is -2.52. The monoisotopic (exact) mass is 439 g/mol. The summed E-state index contributed by atoms with van der Waals surface area (Å²) in [5, 5.41) is 3.22. The molecule has 2 bridgehead atoms. The van der Waals surface area contributed by atoms with E-state index in [2.05, 4.69) is 5.32 Å². The summed E-state index contributed by atoms with van der Waals surface area (Å²) in [6.45, 7) is 2.12. The average molecular weight is 440 g/mol. The molecule has 2 aliphatic rings. The fourth-order valence-electron chi connectivity index (χ4n) is 4.42. The molecule has 1 aromatic heterocycles. The van der Waals surface area contributed by atoms with Crippen molar-refractivity contribution in [1.29, 1.82) is 0 Å². The lowest BCUT2D eigenvalue weighted by Gasteiger charge is -2.43. The number of rotatable bonds is 4. The van der Waals surface area contributed by atoms with Crippen molar-refractivity contribution >= 4 is 29.3 Å². The Morgan fingerprint density at radius 1 is 1.13 bits per heavy atom. The van der Waals surface area contributed by atoms with Gasteiger partial charge in [0.25, 0.3) is 5.56 Å². The molecular formula is C23H25N3O4S. The number of carbonyl (C=O) groups is 1. The molecule has 2 atom stereocenters. The molecule has 0 unspecified atom stereocenters. The number of fused-ring (bicyclic) bond motifs is 4. The van der Waals surface area contributed by atoms with Gasteiger partial charge in [0.15, 0.2) is 16.6 Å². The van der Waals surface area contributed by atoms with Crippen LogP contribution in [0.15, 0.2) is 47.3 Å². The Morgan fingerprint density at radius 2 is 1.94 bits per heavy atom. The largest absolute Gasteiger partial charge is 0.493 e. The number of hydrogen-bond donors (Lipinski definition) is 1. The topological polar surface area (TPSA) is 72.8 Å². The first-order valence-corrected chi connectivity index (χ1v) is 10.6. The van der Waals surface area contributed by atoms with E-state index in [1.807, 2.05) is 27.7 Å². The quantitative estimate of drug-likeness (QED) is 0.583. The van der Waals surface area contributed by atoms with E-state index in [1.165, 1.54) is 6.08 Å². The summed E-state index contributed by atoms with van der Waals surface area (Å²) in [5.41, 5.74) is 1.92. The summed E-state index contributed by atoms with van der Waals surface area (Å²) in [4.78, 5) is 26.6.